The fourth-order valence-corrected chi connectivity index (χ4v) is 2.99. The van der Waals surface area contributed by atoms with Gasteiger partial charge in [-0.2, -0.15) is 5.10 Å². The zero-order valence-corrected chi connectivity index (χ0v) is 13.1. The topological polar surface area (TPSA) is 39.1 Å². The van der Waals surface area contributed by atoms with Crippen LogP contribution in [0.4, 0.5) is 0 Å². The maximum atomic E-state index is 5.42. The van der Waals surface area contributed by atoms with E-state index in [-0.39, 0.29) is 0 Å². The predicted molar refractivity (Wildman–Crippen MR) is 81.7 cm³/mol. The van der Waals surface area contributed by atoms with Gasteiger partial charge < -0.3 is 10.1 Å². The van der Waals surface area contributed by atoms with Crippen molar-refractivity contribution in [1.29, 1.82) is 0 Å². The van der Waals surface area contributed by atoms with Crippen molar-refractivity contribution < 1.29 is 4.74 Å². The lowest BCUT2D eigenvalue weighted by atomic mass is 9.93. The Hall–Kier alpha value is -0.870. The molecule has 2 heterocycles. The predicted octanol–water partition coefficient (Wildman–Crippen LogP) is 3.15. The molecule has 0 spiro atoms. The molecule has 0 saturated carbocycles. The average molecular weight is 279 g/mol. The molecule has 0 amide bonds. The first-order valence-electron chi connectivity index (χ1n) is 8.09. The Kier molecular flexibility index (Phi) is 6.05. The molecule has 0 radical (unpaired) electrons. The lowest BCUT2D eigenvalue weighted by Crippen LogP contribution is -2.36. The van der Waals surface area contributed by atoms with E-state index in [1.165, 1.54) is 12.8 Å². The molecule has 4 nitrogen and oxygen atoms in total. The first-order valence-corrected chi connectivity index (χ1v) is 8.09. The van der Waals surface area contributed by atoms with E-state index in [1.807, 2.05) is 0 Å². The third kappa shape index (κ3) is 4.06. The van der Waals surface area contributed by atoms with Crippen molar-refractivity contribution in [2.24, 2.45) is 5.92 Å². The van der Waals surface area contributed by atoms with Crippen molar-refractivity contribution in [1.82, 2.24) is 15.1 Å². The highest BCUT2D eigenvalue weighted by molar-refractivity contribution is 5.00. The van der Waals surface area contributed by atoms with Gasteiger partial charge in [-0.15, -0.1) is 0 Å². The van der Waals surface area contributed by atoms with Crippen LogP contribution in [0.3, 0.4) is 0 Å². The van der Waals surface area contributed by atoms with Gasteiger partial charge in [-0.05, 0) is 44.6 Å². The quantitative estimate of drug-likeness (QED) is 0.833. The van der Waals surface area contributed by atoms with Crippen LogP contribution >= 0.6 is 0 Å². The van der Waals surface area contributed by atoms with Crippen LogP contribution in [0.5, 0.6) is 0 Å². The first-order chi connectivity index (χ1) is 9.74. The molecule has 0 aliphatic carbocycles. The number of aromatic nitrogens is 2. The molecule has 1 aromatic rings. The van der Waals surface area contributed by atoms with E-state index in [0.29, 0.717) is 12.1 Å². The normalized spacial score (nSPS) is 18.6. The van der Waals surface area contributed by atoms with Gasteiger partial charge in [0.2, 0.25) is 0 Å². The van der Waals surface area contributed by atoms with Crippen molar-refractivity contribution >= 4 is 0 Å². The van der Waals surface area contributed by atoms with Crippen molar-refractivity contribution in [3.63, 3.8) is 0 Å². The molecule has 0 bridgehead atoms. The minimum atomic E-state index is 0.539. The summed E-state index contributed by atoms with van der Waals surface area (Å²) in [4.78, 5) is 0. The van der Waals surface area contributed by atoms with Gasteiger partial charge in [0, 0.05) is 32.0 Å². The highest BCUT2D eigenvalue weighted by Crippen LogP contribution is 2.19. The Morgan fingerprint density at radius 1 is 1.35 bits per heavy atom. The second-order valence-electron chi connectivity index (χ2n) is 5.88. The van der Waals surface area contributed by atoms with E-state index in [1.54, 1.807) is 0 Å². The van der Waals surface area contributed by atoms with E-state index in [4.69, 9.17) is 9.84 Å². The number of nitrogens with one attached hydrogen (secondary N) is 1. The van der Waals surface area contributed by atoms with Crippen LogP contribution in [0, 0.1) is 5.92 Å². The van der Waals surface area contributed by atoms with Gasteiger partial charge in [0.25, 0.3) is 0 Å². The summed E-state index contributed by atoms with van der Waals surface area (Å²) in [6.07, 6.45) is 6.76. The maximum Gasteiger partial charge on any atom is 0.0762 e. The monoisotopic (exact) mass is 279 g/mol. The van der Waals surface area contributed by atoms with Gasteiger partial charge >= 0.3 is 0 Å². The Bertz CT molecular complexity index is 381. The van der Waals surface area contributed by atoms with Gasteiger partial charge in [0.1, 0.15) is 0 Å². The van der Waals surface area contributed by atoms with Crippen LogP contribution in [0.1, 0.15) is 58.2 Å². The van der Waals surface area contributed by atoms with Crippen LogP contribution < -0.4 is 5.32 Å². The van der Waals surface area contributed by atoms with Crippen LogP contribution in [0.2, 0.25) is 0 Å². The second-order valence-corrected chi connectivity index (χ2v) is 5.88. The highest BCUT2D eigenvalue weighted by Gasteiger charge is 2.20. The number of rotatable bonds is 7. The summed E-state index contributed by atoms with van der Waals surface area (Å²) < 4.78 is 7.54. The molecule has 0 aromatic carbocycles. The lowest BCUT2D eigenvalue weighted by molar-refractivity contribution is 0.0557. The van der Waals surface area contributed by atoms with Crippen LogP contribution in [-0.4, -0.2) is 29.0 Å². The van der Waals surface area contributed by atoms with Gasteiger partial charge in [-0.25, -0.2) is 0 Å². The summed E-state index contributed by atoms with van der Waals surface area (Å²) >= 11 is 0. The number of nitrogens with zero attached hydrogens (tertiary/aromatic N) is 2. The summed E-state index contributed by atoms with van der Waals surface area (Å²) in [5.74, 6) is 0.741. The second kappa shape index (κ2) is 7.79. The van der Waals surface area contributed by atoms with Crippen molar-refractivity contribution in [2.75, 3.05) is 13.2 Å². The van der Waals surface area contributed by atoms with Crippen LogP contribution in [-0.2, 0) is 11.3 Å². The van der Waals surface area contributed by atoms with Crippen LogP contribution in [0.15, 0.2) is 12.3 Å². The largest absolute Gasteiger partial charge is 0.381 e. The standard InChI is InChI=1S/C16H29N3O/c1-4-16(5-2)19-9-6-15(18-19)12-17-13(3)14-7-10-20-11-8-14/h6,9,13-14,16-17H,4-5,7-8,10-12H2,1-3H3. The lowest BCUT2D eigenvalue weighted by Gasteiger charge is -2.28. The number of hydrogen-bond donors (Lipinski definition) is 1. The molecule has 4 heteroatoms. The van der Waals surface area contributed by atoms with E-state index in [0.717, 1.165) is 44.2 Å². The highest BCUT2D eigenvalue weighted by atomic mass is 16.5. The summed E-state index contributed by atoms with van der Waals surface area (Å²) in [6, 6.07) is 3.22. The molecular formula is C16H29N3O. The van der Waals surface area contributed by atoms with E-state index in [9.17, 15) is 0 Å². The fourth-order valence-electron chi connectivity index (χ4n) is 2.99. The molecule has 114 valence electrons. The van der Waals surface area contributed by atoms with Gasteiger partial charge in [0.05, 0.1) is 11.7 Å². The number of ether oxygens (including phenoxy) is 1. The summed E-state index contributed by atoms with van der Waals surface area (Å²) in [6.45, 7) is 9.43. The van der Waals surface area contributed by atoms with E-state index >= 15 is 0 Å². The van der Waals surface area contributed by atoms with Crippen molar-refractivity contribution in [3.05, 3.63) is 18.0 Å². The molecule has 1 fully saturated rings. The smallest absolute Gasteiger partial charge is 0.0762 e. The minimum absolute atomic E-state index is 0.539. The molecule has 1 N–H and O–H groups in total. The summed E-state index contributed by atoms with van der Waals surface area (Å²) in [7, 11) is 0. The molecule has 1 aromatic heterocycles. The Labute approximate surface area is 122 Å². The van der Waals surface area contributed by atoms with Gasteiger partial charge in [-0.1, -0.05) is 13.8 Å². The summed E-state index contributed by atoms with van der Waals surface area (Å²) in [5.41, 5.74) is 1.15. The van der Waals surface area contributed by atoms with Crippen LogP contribution in [0.25, 0.3) is 0 Å². The summed E-state index contributed by atoms with van der Waals surface area (Å²) in [5, 5.41) is 8.32. The Morgan fingerprint density at radius 2 is 2.05 bits per heavy atom. The molecule has 1 aliphatic rings. The van der Waals surface area contributed by atoms with Gasteiger partial charge in [0.15, 0.2) is 0 Å². The Morgan fingerprint density at radius 3 is 2.70 bits per heavy atom. The zero-order valence-electron chi connectivity index (χ0n) is 13.1. The molecule has 1 unspecified atom stereocenters. The Balaban J connectivity index is 1.81. The van der Waals surface area contributed by atoms with E-state index < -0.39 is 0 Å². The van der Waals surface area contributed by atoms with Gasteiger partial charge in [-0.3, -0.25) is 4.68 Å². The van der Waals surface area contributed by atoms with Crippen molar-refractivity contribution in [2.45, 2.75) is 65.1 Å². The SMILES string of the molecule is CCC(CC)n1ccc(CNC(C)C2CCOCC2)n1. The number of hydrogen-bond acceptors (Lipinski definition) is 3. The average Bonchev–Trinajstić information content (AvgIpc) is 2.96. The first kappa shape index (κ1) is 15.5. The molecule has 1 saturated heterocycles. The maximum absolute atomic E-state index is 5.42. The fraction of sp³-hybridized carbons (Fsp3) is 0.812. The molecule has 1 aliphatic heterocycles. The minimum Gasteiger partial charge on any atom is -0.381 e. The zero-order chi connectivity index (χ0) is 14.4. The van der Waals surface area contributed by atoms with Crippen molar-refractivity contribution in [3.8, 4) is 0 Å². The third-order valence-corrected chi connectivity index (χ3v) is 4.56. The molecule has 2 rings (SSSR count). The van der Waals surface area contributed by atoms with E-state index in [2.05, 4.69) is 43.0 Å². The molecule has 1 atom stereocenters. The third-order valence-electron chi connectivity index (χ3n) is 4.56. The molecular weight excluding hydrogens is 250 g/mol. The molecule has 20 heavy (non-hydrogen) atoms.